The van der Waals surface area contributed by atoms with Gasteiger partial charge in [0, 0.05) is 31.8 Å². The third-order valence-corrected chi connectivity index (χ3v) is 2.39. The van der Waals surface area contributed by atoms with E-state index < -0.39 is 0 Å². The molecule has 3 nitrogen and oxygen atoms in total. The predicted molar refractivity (Wildman–Crippen MR) is 50.1 cm³/mol. The number of ether oxygens (including phenoxy) is 1. The lowest BCUT2D eigenvalue weighted by Crippen LogP contribution is -2.42. The van der Waals surface area contributed by atoms with Crippen molar-refractivity contribution in [2.45, 2.75) is 31.8 Å². The van der Waals surface area contributed by atoms with Crippen molar-refractivity contribution in [3.05, 3.63) is 0 Å². The summed E-state index contributed by atoms with van der Waals surface area (Å²) in [6.45, 7) is 4.86. The summed E-state index contributed by atoms with van der Waals surface area (Å²) in [4.78, 5) is 2.35. The van der Waals surface area contributed by atoms with Crippen LogP contribution < -0.4 is 5.73 Å². The number of likely N-dealkylation sites (N-methyl/N-ethyl adjacent to an activating group) is 1. The molecule has 1 atom stereocenters. The Kier molecular flexibility index (Phi) is 3.98. The van der Waals surface area contributed by atoms with E-state index in [1.807, 2.05) is 0 Å². The molecule has 1 aliphatic rings. The van der Waals surface area contributed by atoms with Crippen molar-refractivity contribution in [2.75, 3.05) is 26.8 Å². The van der Waals surface area contributed by atoms with Crippen LogP contribution in [0.15, 0.2) is 0 Å². The molecule has 0 saturated carbocycles. The Balaban J connectivity index is 2.24. The van der Waals surface area contributed by atoms with Gasteiger partial charge in [0.25, 0.3) is 0 Å². The Bertz CT molecular complexity index is 122. The molecule has 72 valence electrons. The van der Waals surface area contributed by atoms with Gasteiger partial charge in [-0.1, -0.05) is 0 Å². The molecule has 2 N–H and O–H groups in total. The van der Waals surface area contributed by atoms with Gasteiger partial charge in [0.2, 0.25) is 0 Å². The van der Waals surface area contributed by atoms with Crippen LogP contribution in [0.5, 0.6) is 0 Å². The molecule has 0 aromatic heterocycles. The summed E-state index contributed by atoms with van der Waals surface area (Å²) >= 11 is 0. The van der Waals surface area contributed by atoms with E-state index in [1.165, 1.54) is 0 Å². The zero-order valence-corrected chi connectivity index (χ0v) is 8.12. The molecule has 0 bridgehead atoms. The summed E-state index contributed by atoms with van der Waals surface area (Å²) in [5.41, 5.74) is 5.73. The van der Waals surface area contributed by atoms with E-state index in [9.17, 15) is 0 Å². The van der Waals surface area contributed by atoms with Crippen molar-refractivity contribution < 1.29 is 4.74 Å². The smallest absolute Gasteiger partial charge is 0.0480 e. The molecule has 1 saturated heterocycles. The molecule has 3 heteroatoms. The molecular weight excluding hydrogens is 152 g/mol. The number of nitrogens with two attached hydrogens (primary N) is 1. The highest BCUT2D eigenvalue weighted by atomic mass is 16.5. The van der Waals surface area contributed by atoms with E-state index in [0.29, 0.717) is 6.04 Å². The van der Waals surface area contributed by atoms with Gasteiger partial charge < -0.3 is 15.4 Å². The molecule has 0 amide bonds. The van der Waals surface area contributed by atoms with E-state index in [2.05, 4.69) is 18.9 Å². The monoisotopic (exact) mass is 172 g/mol. The van der Waals surface area contributed by atoms with Gasteiger partial charge in [0.15, 0.2) is 0 Å². The average Bonchev–Trinajstić information content (AvgIpc) is 2.05. The van der Waals surface area contributed by atoms with Crippen LogP contribution in [0.4, 0.5) is 0 Å². The molecule has 1 rings (SSSR count). The molecule has 0 aromatic carbocycles. The van der Waals surface area contributed by atoms with E-state index in [4.69, 9.17) is 10.5 Å². The summed E-state index contributed by atoms with van der Waals surface area (Å²) in [5.74, 6) is 0. The molecule has 0 aliphatic carbocycles. The highest BCUT2D eigenvalue weighted by molar-refractivity contribution is 4.73. The molecule has 0 radical (unpaired) electrons. The van der Waals surface area contributed by atoms with Crippen LogP contribution in [0.25, 0.3) is 0 Å². The standard InChI is InChI=1S/C9H20N2O/c1-8(10)7-11(2)9-3-5-12-6-4-9/h8-9H,3-7,10H2,1-2H3. The van der Waals surface area contributed by atoms with Crippen LogP contribution in [0.2, 0.25) is 0 Å². The molecule has 12 heavy (non-hydrogen) atoms. The first-order chi connectivity index (χ1) is 5.70. The van der Waals surface area contributed by atoms with Gasteiger partial charge >= 0.3 is 0 Å². The number of rotatable bonds is 3. The minimum atomic E-state index is 0.276. The van der Waals surface area contributed by atoms with Crippen molar-refractivity contribution in [1.29, 1.82) is 0 Å². The van der Waals surface area contributed by atoms with Crippen molar-refractivity contribution in [2.24, 2.45) is 5.73 Å². The lowest BCUT2D eigenvalue weighted by molar-refractivity contribution is 0.0418. The quantitative estimate of drug-likeness (QED) is 0.671. The van der Waals surface area contributed by atoms with E-state index in [0.717, 1.165) is 32.6 Å². The summed E-state index contributed by atoms with van der Waals surface area (Å²) in [5, 5.41) is 0. The molecule has 0 aromatic rings. The van der Waals surface area contributed by atoms with Crippen LogP contribution in [0, 0.1) is 0 Å². The molecule has 1 unspecified atom stereocenters. The minimum Gasteiger partial charge on any atom is -0.381 e. The Morgan fingerprint density at radius 2 is 2.08 bits per heavy atom. The third kappa shape index (κ3) is 3.09. The van der Waals surface area contributed by atoms with Crippen molar-refractivity contribution >= 4 is 0 Å². The fourth-order valence-corrected chi connectivity index (χ4v) is 1.73. The second-order valence-corrected chi connectivity index (χ2v) is 3.76. The minimum absolute atomic E-state index is 0.276. The molecule has 1 aliphatic heterocycles. The topological polar surface area (TPSA) is 38.5 Å². The van der Waals surface area contributed by atoms with Gasteiger partial charge in [0.05, 0.1) is 0 Å². The number of hydrogen-bond acceptors (Lipinski definition) is 3. The Morgan fingerprint density at radius 3 is 2.58 bits per heavy atom. The van der Waals surface area contributed by atoms with Gasteiger partial charge in [0.1, 0.15) is 0 Å². The van der Waals surface area contributed by atoms with Crippen LogP contribution in [0.1, 0.15) is 19.8 Å². The van der Waals surface area contributed by atoms with Gasteiger partial charge in [-0.05, 0) is 26.8 Å². The largest absolute Gasteiger partial charge is 0.381 e. The lowest BCUT2D eigenvalue weighted by Gasteiger charge is -2.32. The van der Waals surface area contributed by atoms with Crippen LogP contribution in [-0.2, 0) is 4.74 Å². The Hall–Kier alpha value is -0.120. The van der Waals surface area contributed by atoms with Gasteiger partial charge in [-0.25, -0.2) is 0 Å². The average molecular weight is 172 g/mol. The molecule has 1 heterocycles. The van der Waals surface area contributed by atoms with Gasteiger partial charge in [-0.2, -0.15) is 0 Å². The third-order valence-electron chi connectivity index (χ3n) is 2.39. The van der Waals surface area contributed by atoms with Crippen LogP contribution in [-0.4, -0.2) is 43.8 Å². The summed E-state index contributed by atoms with van der Waals surface area (Å²) in [6, 6.07) is 0.961. The lowest BCUT2D eigenvalue weighted by atomic mass is 10.1. The van der Waals surface area contributed by atoms with Crippen LogP contribution in [0.3, 0.4) is 0 Å². The first-order valence-corrected chi connectivity index (χ1v) is 4.73. The predicted octanol–water partition coefficient (Wildman–Crippen LogP) is 0.444. The zero-order valence-electron chi connectivity index (χ0n) is 8.12. The van der Waals surface area contributed by atoms with E-state index in [-0.39, 0.29) is 6.04 Å². The van der Waals surface area contributed by atoms with Crippen molar-refractivity contribution in [1.82, 2.24) is 4.90 Å². The maximum absolute atomic E-state index is 5.73. The Labute approximate surface area is 74.9 Å². The first kappa shape index (κ1) is 9.96. The summed E-state index contributed by atoms with van der Waals surface area (Å²) < 4.78 is 5.30. The van der Waals surface area contributed by atoms with Crippen molar-refractivity contribution in [3.8, 4) is 0 Å². The molecular formula is C9H20N2O. The fraction of sp³-hybridized carbons (Fsp3) is 1.00. The number of hydrogen-bond donors (Lipinski definition) is 1. The second-order valence-electron chi connectivity index (χ2n) is 3.76. The summed E-state index contributed by atoms with van der Waals surface area (Å²) in [7, 11) is 2.15. The zero-order chi connectivity index (χ0) is 8.97. The highest BCUT2D eigenvalue weighted by Crippen LogP contribution is 2.12. The normalized spacial score (nSPS) is 23.0. The van der Waals surface area contributed by atoms with Gasteiger partial charge in [-0.3, -0.25) is 0 Å². The highest BCUT2D eigenvalue weighted by Gasteiger charge is 2.18. The molecule has 1 fully saturated rings. The SMILES string of the molecule is CC(N)CN(C)C1CCOCC1. The first-order valence-electron chi connectivity index (χ1n) is 4.73. The number of nitrogens with zero attached hydrogens (tertiary/aromatic N) is 1. The van der Waals surface area contributed by atoms with E-state index >= 15 is 0 Å². The van der Waals surface area contributed by atoms with Crippen LogP contribution >= 0.6 is 0 Å². The fourth-order valence-electron chi connectivity index (χ4n) is 1.73. The van der Waals surface area contributed by atoms with Gasteiger partial charge in [-0.15, -0.1) is 0 Å². The maximum Gasteiger partial charge on any atom is 0.0480 e. The van der Waals surface area contributed by atoms with E-state index in [1.54, 1.807) is 0 Å². The summed E-state index contributed by atoms with van der Waals surface area (Å²) in [6.07, 6.45) is 2.31. The Morgan fingerprint density at radius 1 is 1.50 bits per heavy atom. The maximum atomic E-state index is 5.73. The molecule has 0 spiro atoms. The second kappa shape index (κ2) is 4.80. The van der Waals surface area contributed by atoms with Crippen molar-refractivity contribution in [3.63, 3.8) is 0 Å².